The number of nitrogens with zero attached hydrogens (tertiary/aromatic N) is 4. The summed E-state index contributed by atoms with van der Waals surface area (Å²) in [5, 5.41) is 2.59. The number of piperazine rings is 1. The molecule has 7 heteroatoms. The lowest BCUT2D eigenvalue weighted by atomic mass is 10.1. The van der Waals surface area contributed by atoms with Gasteiger partial charge in [0, 0.05) is 58.0 Å². The summed E-state index contributed by atoms with van der Waals surface area (Å²) < 4.78 is 5.71. The molecule has 0 aromatic heterocycles. The van der Waals surface area contributed by atoms with Crippen LogP contribution < -0.4 is 10.1 Å². The first-order chi connectivity index (χ1) is 15.5. The molecule has 0 aliphatic carbocycles. The zero-order valence-electron chi connectivity index (χ0n) is 19.7. The van der Waals surface area contributed by atoms with E-state index in [9.17, 15) is 4.79 Å². The fourth-order valence-corrected chi connectivity index (χ4v) is 3.80. The predicted octanol–water partition coefficient (Wildman–Crippen LogP) is 3.17. The number of fused-ring (bicyclic) bond motifs is 1. The number of hydrogen-bond donors (Lipinski definition) is 1. The molecular formula is C25H35N5O2. The van der Waals surface area contributed by atoms with E-state index < -0.39 is 0 Å². The lowest BCUT2D eigenvalue weighted by molar-refractivity contribution is -0.117. The first-order valence-corrected chi connectivity index (χ1v) is 11.4. The van der Waals surface area contributed by atoms with Gasteiger partial charge in [-0.05, 0) is 43.5 Å². The van der Waals surface area contributed by atoms with Gasteiger partial charge >= 0.3 is 0 Å². The average molecular weight is 438 g/mol. The molecule has 3 rings (SSSR count). The highest BCUT2D eigenvalue weighted by molar-refractivity contribution is 6.29. The number of likely N-dealkylation sites (N-methyl/N-ethyl adjacent to an activating group) is 1. The number of ether oxygens (including phenoxy) is 1. The molecule has 2 aliphatic heterocycles. The van der Waals surface area contributed by atoms with Crippen molar-refractivity contribution in [2.24, 2.45) is 9.98 Å². The second kappa shape index (κ2) is 11.6. The second-order valence-corrected chi connectivity index (χ2v) is 8.19. The van der Waals surface area contributed by atoms with Gasteiger partial charge in [0.2, 0.25) is 5.91 Å². The summed E-state index contributed by atoms with van der Waals surface area (Å²) >= 11 is 0. The number of carbonyl (C=O) groups excluding carboxylic acids is 1. The third kappa shape index (κ3) is 6.53. The molecule has 2 heterocycles. The van der Waals surface area contributed by atoms with Gasteiger partial charge in [-0.1, -0.05) is 19.1 Å². The number of allylic oxidation sites excluding steroid dienone is 1. The first-order valence-electron chi connectivity index (χ1n) is 11.4. The van der Waals surface area contributed by atoms with Crippen LogP contribution in [0, 0.1) is 0 Å². The molecular weight excluding hydrogens is 402 g/mol. The van der Waals surface area contributed by atoms with Crippen LogP contribution in [0.25, 0.3) is 0 Å². The number of hydrogen-bond acceptors (Lipinski definition) is 6. The summed E-state index contributed by atoms with van der Waals surface area (Å²) in [6.07, 6.45) is 7.45. The van der Waals surface area contributed by atoms with Crippen LogP contribution in [0.5, 0.6) is 5.75 Å². The van der Waals surface area contributed by atoms with Crippen LogP contribution in [-0.2, 0) is 17.8 Å². The molecule has 0 unspecified atom stereocenters. The van der Waals surface area contributed by atoms with E-state index in [1.807, 2.05) is 6.92 Å². The fraction of sp³-hybridized carbons (Fsp3) is 0.480. The molecule has 2 aliphatic rings. The van der Waals surface area contributed by atoms with Crippen molar-refractivity contribution in [3.63, 3.8) is 0 Å². The number of amides is 1. The quantitative estimate of drug-likeness (QED) is 0.501. The fourth-order valence-electron chi connectivity index (χ4n) is 3.80. The third-order valence-electron chi connectivity index (χ3n) is 5.68. The van der Waals surface area contributed by atoms with Gasteiger partial charge in [-0.25, -0.2) is 4.99 Å². The summed E-state index contributed by atoms with van der Waals surface area (Å²) in [6, 6.07) is 6.64. The molecule has 1 N–H and O–H groups in total. The molecule has 1 saturated heterocycles. The summed E-state index contributed by atoms with van der Waals surface area (Å²) in [5.74, 6) is 1.91. The first kappa shape index (κ1) is 23.7. The van der Waals surface area contributed by atoms with Crippen LogP contribution in [-0.4, -0.2) is 67.5 Å². The number of carbonyl (C=O) groups is 1. The minimum Gasteiger partial charge on any atom is -0.493 e. The summed E-state index contributed by atoms with van der Waals surface area (Å²) in [6.45, 7) is 11.4. The number of nitrogens with one attached hydrogen (secondary N) is 1. The van der Waals surface area contributed by atoms with Gasteiger partial charge in [-0.3, -0.25) is 14.7 Å². The van der Waals surface area contributed by atoms with Gasteiger partial charge < -0.3 is 15.0 Å². The summed E-state index contributed by atoms with van der Waals surface area (Å²) in [5.41, 5.74) is 3.96. The van der Waals surface area contributed by atoms with E-state index in [-0.39, 0.29) is 5.91 Å². The normalized spacial score (nSPS) is 18.1. The molecule has 1 aromatic rings. The Labute approximate surface area is 191 Å². The molecule has 32 heavy (non-hydrogen) atoms. The van der Waals surface area contributed by atoms with Gasteiger partial charge in [0.15, 0.2) is 0 Å². The van der Waals surface area contributed by atoms with Crippen LogP contribution in [0.15, 0.2) is 51.9 Å². The standard InChI is InChI=1S/C25H35N5O2/c1-5-6-24(28-17-20(3)27-16-19(2)25(31)26-4)30-12-10-29(11-13-30)18-21-7-8-22-9-14-32-23(22)15-21/h6-8,15-17H,5,9-14,18H2,1-4H3,(H,26,31)/b19-16+,24-6+,27-20?,28-17?. The van der Waals surface area contributed by atoms with Crippen LogP contribution in [0.4, 0.5) is 0 Å². The van der Waals surface area contributed by atoms with E-state index in [1.165, 1.54) is 11.1 Å². The molecule has 1 aromatic carbocycles. The Bertz CT molecular complexity index is 924. The lowest BCUT2D eigenvalue weighted by Crippen LogP contribution is -2.45. The average Bonchev–Trinajstić information content (AvgIpc) is 3.28. The molecule has 7 nitrogen and oxygen atoms in total. The van der Waals surface area contributed by atoms with E-state index >= 15 is 0 Å². The summed E-state index contributed by atoms with van der Waals surface area (Å²) in [7, 11) is 1.61. The van der Waals surface area contributed by atoms with Crippen molar-refractivity contribution < 1.29 is 9.53 Å². The van der Waals surface area contributed by atoms with E-state index in [4.69, 9.17) is 9.73 Å². The third-order valence-corrected chi connectivity index (χ3v) is 5.68. The summed E-state index contributed by atoms with van der Waals surface area (Å²) in [4.78, 5) is 25.4. The highest BCUT2D eigenvalue weighted by Gasteiger charge is 2.19. The topological polar surface area (TPSA) is 69.5 Å². The maximum absolute atomic E-state index is 11.6. The predicted molar refractivity (Wildman–Crippen MR) is 130 cm³/mol. The van der Waals surface area contributed by atoms with Crippen LogP contribution >= 0.6 is 0 Å². The Hall–Kier alpha value is -2.93. The van der Waals surface area contributed by atoms with Crippen LogP contribution in [0.2, 0.25) is 0 Å². The molecule has 1 amide bonds. The molecule has 0 bridgehead atoms. The van der Waals surface area contributed by atoms with E-state index in [1.54, 1.807) is 26.4 Å². The van der Waals surface area contributed by atoms with Crippen molar-refractivity contribution in [1.82, 2.24) is 15.1 Å². The Morgan fingerprint density at radius 2 is 2.00 bits per heavy atom. The number of benzene rings is 1. The minimum atomic E-state index is -0.129. The second-order valence-electron chi connectivity index (χ2n) is 8.19. The SMILES string of the molecule is CC/C=C(\N=CC(C)=N/C=C(\C)C(=O)NC)N1CCN(Cc2ccc3c(c2)OCC3)CC1. The van der Waals surface area contributed by atoms with Gasteiger partial charge in [0.1, 0.15) is 11.6 Å². The Morgan fingerprint density at radius 1 is 1.22 bits per heavy atom. The monoisotopic (exact) mass is 437 g/mol. The molecule has 0 radical (unpaired) electrons. The zero-order chi connectivity index (χ0) is 22.9. The maximum atomic E-state index is 11.6. The van der Waals surface area contributed by atoms with E-state index in [0.29, 0.717) is 5.57 Å². The molecule has 1 fully saturated rings. The van der Waals surface area contributed by atoms with Gasteiger partial charge in [-0.15, -0.1) is 0 Å². The van der Waals surface area contributed by atoms with Gasteiger partial charge in [0.25, 0.3) is 0 Å². The van der Waals surface area contributed by atoms with Crippen molar-refractivity contribution in [2.45, 2.75) is 40.2 Å². The zero-order valence-corrected chi connectivity index (χ0v) is 19.7. The van der Waals surface area contributed by atoms with Crippen molar-refractivity contribution in [1.29, 1.82) is 0 Å². The minimum absolute atomic E-state index is 0.129. The maximum Gasteiger partial charge on any atom is 0.248 e. The van der Waals surface area contributed by atoms with E-state index in [2.05, 4.69) is 51.3 Å². The van der Waals surface area contributed by atoms with Crippen molar-refractivity contribution in [3.8, 4) is 5.75 Å². The van der Waals surface area contributed by atoms with Gasteiger partial charge in [-0.2, -0.15) is 0 Å². The van der Waals surface area contributed by atoms with Crippen LogP contribution in [0.3, 0.4) is 0 Å². The Balaban J connectivity index is 1.55. The Kier molecular flexibility index (Phi) is 8.62. The smallest absolute Gasteiger partial charge is 0.248 e. The number of rotatable bonds is 8. The molecule has 0 spiro atoms. The molecule has 172 valence electrons. The Morgan fingerprint density at radius 3 is 2.72 bits per heavy atom. The highest BCUT2D eigenvalue weighted by Crippen LogP contribution is 2.27. The molecule has 0 saturated carbocycles. The van der Waals surface area contributed by atoms with E-state index in [0.717, 1.165) is 69.5 Å². The highest BCUT2D eigenvalue weighted by atomic mass is 16.5. The largest absolute Gasteiger partial charge is 0.493 e. The van der Waals surface area contributed by atoms with Crippen molar-refractivity contribution >= 4 is 17.8 Å². The van der Waals surface area contributed by atoms with Crippen molar-refractivity contribution in [2.75, 3.05) is 39.8 Å². The van der Waals surface area contributed by atoms with Crippen LogP contribution in [0.1, 0.15) is 38.3 Å². The van der Waals surface area contributed by atoms with Crippen molar-refractivity contribution in [3.05, 3.63) is 53.0 Å². The number of aliphatic imine (C=N–C) groups is 2. The van der Waals surface area contributed by atoms with Gasteiger partial charge in [0.05, 0.1) is 18.5 Å². The lowest BCUT2D eigenvalue weighted by Gasteiger charge is -2.36. The molecule has 0 atom stereocenters.